The van der Waals surface area contributed by atoms with E-state index in [2.05, 4.69) is 5.32 Å². The second-order valence-corrected chi connectivity index (χ2v) is 6.48. The molecule has 1 amide bonds. The van der Waals surface area contributed by atoms with E-state index < -0.39 is 17.3 Å². The third kappa shape index (κ3) is 4.20. The summed E-state index contributed by atoms with van der Waals surface area (Å²) >= 11 is 0. The maximum atomic E-state index is 12.7. The summed E-state index contributed by atoms with van der Waals surface area (Å²) < 4.78 is 5.09. The van der Waals surface area contributed by atoms with Crippen LogP contribution < -0.4 is 5.32 Å². The molecule has 0 spiro atoms. The zero-order valence-electron chi connectivity index (χ0n) is 13.4. The highest BCUT2D eigenvalue weighted by molar-refractivity contribution is 5.98. The van der Waals surface area contributed by atoms with Crippen molar-refractivity contribution in [3.05, 3.63) is 0 Å². The second kappa shape index (κ2) is 7.07. The molecule has 1 rings (SSSR count). The molecule has 0 saturated carbocycles. The van der Waals surface area contributed by atoms with Crippen molar-refractivity contribution in [2.45, 2.75) is 46.6 Å². The van der Waals surface area contributed by atoms with E-state index in [-0.39, 0.29) is 11.9 Å². The van der Waals surface area contributed by atoms with Crippen molar-refractivity contribution in [2.75, 3.05) is 26.7 Å². The van der Waals surface area contributed by atoms with E-state index in [1.807, 2.05) is 20.8 Å². The highest BCUT2D eigenvalue weighted by atomic mass is 16.5. The smallest absolute Gasteiger partial charge is 0.319 e. The molecule has 1 atom stereocenters. The monoisotopic (exact) mass is 284 g/mol. The number of nitrogens with one attached hydrogen (secondary N) is 1. The molecule has 116 valence electrons. The first-order valence-electron chi connectivity index (χ1n) is 7.43. The first kappa shape index (κ1) is 17.0. The van der Waals surface area contributed by atoms with Crippen LogP contribution in [0, 0.1) is 11.3 Å². The molecule has 0 radical (unpaired) electrons. The molecule has 1 N–H and O–H groups in total. The molecule has 0 aromatic rings. The highest BCUT2D eigenvalue weighted by Crippen LogP contribution is 2.30. The molecule has 5 nitrogen and oxygen atoms in total. The standard InChI is InChI=1S/C15H28N2O3/c1-6-20-14(19)12(15(2,3)4)13(18)17(5)11-7-9-16-10-8-11/h11-12,16H,6-10H2,1-5H3. The van der Waals surface area contributed by atoms with E-state index in [9.17, 15) is 9.59 Å². The zero-order chi connectivity index (χ0) is 15.3. The third-order valence-electron chi connectivity index (χ3n) is 3.84. The Labute approximate surface area is 122 Å². The molecule has 0 aromatic carbocycles. The molecule has 1 heterocycles. The fourth-order valence-corrected chi connectivity index (χ4v) is 2.63. The summed E-state index contributed by atoms with van der Waals surface area (Å²) in [6.45, 7) is 9.62. The summed E-state index contributed by atoms with van der Waals surface area (Å²) in [7, 11) is 1.80. The lowest BCUT2D eigenvalue weighted by Gasteiger charge is -2.36. The number of nitrogens with zero attached hydrogens (tertiary/aromatic N) is 1. The SMILES string of the molecule is CCOC(=O)C(C(=O)N(C)C1CCNCC1)C(C)(C)C. The van der Waals surface area contributed by atoms with Crippen LogP contribution in [0.15, 0.2) is 0 Å². The van der Waals surface area contributed by atoms with Gasteiger partial charge in [-0.1, -0.05) is 20.8 Å². The average molecular weight is 284 g/mol. The summed E-state index contributed by atoms with van der Waals surface area (Å²) in [5.41, 5.74) is -0.440. The largest absolute Gasteiger partial charge is 0.465 e. The quantitative estimate of drug-likeness (QED) is 0.626. The number of hydrogen-bond donors (Lipinski definition) is 1. The summed E-state index contributed by atoms with van der Waals surface area (Å²) in [6.07, 6.45) is 1.86. The summed E-state index contributed by atoms with van der Waals surface area (Å²) in [4.78, 5) is 26.6. The van der Waals surface area contributed by atoms with Crippen LogP contribution in [0.4, 0.5) is 0 Å². The maximum Gasteiger partial charge on any atom is 0.319 e. The molecule has 0 aromatic heterocycles. The maximum absolute atomic E-state index is 12.7. The van der Waals surface area contributed by atoms with E-state index in [0.717, 1.165) is 25.9 Å². The molecule has 0 bridgehead atoms. The van der Waals surface area contributed by atoms with Crippen molar-refractivity contribution in [1.29, 1.82) is 0 Å². The second-order valence-electron chi connectivity index (χ2n) is 6.48. The predicted molar refractivity (Wildman–Crippen MR) is 78.2 cm³/mol. The number of ether oxygens (including phenoxy) is 1. The van der Waals surface area contributed by atoms with Crippen LogP contribution in [0.2, 0.25) is 0 Å². The Morgan fingerprint density at radius 2 is 1.85 bits per heavy atom. The minimum atomic E-state index is -0.734. The van der Waals surface area contributed by atoms with Gasteiger partial charge >= 0.3 is 5.97 Å². The number of piperidine rings is 1. The Balaban J connectivity index is 2.84. The Morgan fingerprint density at radius 3 is 2.30 bits per heavy atom. The fraction of sp³-hybridized carbons (Fsp3) is 0.867. The predicted octanol–water partition coefficient (Wildman–Crippen LogP) is 1.42. The molecule has 20 heavy (non-hydrogen) atoms. The van der Waals surface area contributed by atoms with Crippen molar-refractivity contribution >= 4 is 11.9 Å². The lowest BCUT2D eigenvalue weighted by atomic mass is 9.79. The normalized spacial score (nSPS) is 18.4. The van der Waals surface area contributed by atoms with Crippen molar-refractivity contribution in [3.63, 3.8) is 0 Å². The van der Waals surface area contributed by atoms with E-state index in [0.29, 0.717) is 6.61 Å². The zero-order valence-corrected chi connectivity index (χ0v) is 13.4. The fourth-order valence-electron chi connectivity index (χ4n) is 2.63. The summed E-state index contributed by atoms with van der Waals surface area (Å²) in [5.74, 6) is -1.27. The molecule has 5 heteroatoms. The average Bonchev–Trinajstić information content (AvgIpc) is 2.37. The van der Waals surface area contributed by atoms with Crippen LogP contribution in [-0.2, 0) is 14.3 Å². The van der Waals surface area contributed by atoms with Crippen molar-refractivity contribution in [3.8, 4) is 0 Å². The first-order valence-corrected chi connectivity index (χ1v) is 7.43. The molecular weight excluding hydrogens is 256 g/mol. The molecule has 0 aliphatic carbocycles. The Morgan fingerprint density at radius 1 is 1.30 bits per heavy atom. The van der Waals surface area contributed by atoms with Crippen molar-refractivity contribution in [2.24, 2.45) is 11.3 Å². The number of esters is 1. The number of rotatable bonds is 4. The minimum Gasteiger partial charge on any atom is -0.465 e. The molecular formula is C15H28N2O3. The number of carbonyl (C=O) groups is 2. The summed E-state index contributed by atoms with van der Waals surface area (Å²) in [6, 6.07) is 0.211. The first-order chi connectivity index (χ1) is 9.29. The van der Waals surface area contributed by atoms with Crippen molar-refractivity contribution < 1.29 is 14.3 Å². The number of carbonyl (C=O) groups excluding carboxylic acids is 2. The Hall–Kier alpha value is -1.10. The van der Waals surface area contributed by atoms with Gasteiger partial charge in [-0.25, -0.2) is 0 Å². The van der Waals surface area contributed by atoms with Gasteiger partial charge in [0.1, 0.15) is 5.92 Å². The molecule has 1 aliphatic heterocycles. The van der Waals surface area contributed by atoms with E-state index >= 15 is 0 Å². The Bertz CT molecular complexity index is 344. The van der Waals surface area contributed by atoms with E-state index in [1.165, 1.54) is 0 Å². The Kier molecular flexibility index (Phi) is 5.99. The summed E-state index contributed by atoms with van der Waals surface area (Å²) in [5, 5.41) is 3.28. The van der Waals surface area contributed by atoms with Gasteiger partial charge in [-0.05, 0) is 38.3 Å². The van der Waals surface area contributed by atoms with Gasteiger partial charge in [-0.3, -0.25) is 9.59 Å². The third-order valence-corrected chi connectivity index (χ3v) is 3.84. The van der Waals surface area contributed by atoms with Gasteiger partial charge in [0, 0.05) is 13.1 Å². The van der Waals surface area contributed by atoms with Gasteiger partial charge in [0.15, 0.2) is 0 Å². The lowest BCUT2D eigenvalue weighted by Crippen LogP contribution is -2.50. The van der Waals surface area contributed by atoms with Gasteiger partial charge in [0.05, 0.1) is 6.61 Å². The lowest BCUT2D eigenvalue weighted by molar-refractivity contribution is -0.161. The molecule has 1 fully saturated rings. The van der Waals surface area contributed by atoms with E-state index in [1.54, 1.807) is 18.9 Å². The van der Waals surface area contributed by atoms with Gasteiger partial charge in [-0.2, -0.15) is 0 Å². The van der Waals surface area contributed by atoms with Gasteiger partial charge in [-0.15, -0.1) is 0 Å². The number of amides is 1. The molecule has 1 saturated heterocycles. The number of hydrogen-bond acceptors (Lipinski definition) is 4. The van der Waals surface area contributed by atoms with Crippen LogP contribution in [0.5, 0.6) is 0 Å². The minimum absolute atomic E-state index is 0.122. The van der Waals surface area contributed by atoms with E-state index in [4.69, 9.17) is 4.74 Å². The van der Waals surface area contributed by atoms with Crippen molar-refractivity contribution in [1.82, 2.24) is 10.2 Å². The highest BCUT2D eigenvalue weighted by Gasteiger charge is 2.41. The van der Waals surface area contributed by atoms with Gasteiger partial charge in [0.2, 0.25) is 5.91 Å². The van der Waals surface area contributed by atoms with Gasteiger partial charge in [0.25, 0.3) is 0 Å². The van der Waals surface area contributed by atoms with Crippen LogP contribution in [0.3, 0.4) is 0 Å². The van der Waals surface area contributed by atoms with Crippen LogP contribution in [-0.4, -0.2) is 49.6 Å². The topological polar surface area (TPSA) is 58.6 Å². The van der Waals surface area contributed by atoms with Crippen LogP contribution in [0.25, 0.3) is 0 Å². The van der Waals surface area contributed by atoms with Crippen LogP contribution in [0.1, 0.15) is 40.5 Å². The van der Waals surface area contributed by atoms with Gasteiger partial charge < -0.3 is 15.0 Å². The van der Waals surface area contributed by atoms with Crippen LogP contribution >= 0.6 is 0 Å². The molecule has 1 aliphatic rings. The molecule has 1 unspecified atom stereocenters.